The number of amides is 1. The molecule has 3 nitrogen and oxygen atoms in total. The molecule has 0 aromatic carbocycles. The Kier molecular flexibility index (Phi) is 6.21. The highest BCUT2D eigenvalue weighted by Crippen LogP contribution is 2.15. The smallest absolute Gasteiger partial charge is 0.237 e. The molecule has 1 heterocycles. The molecule has 1 aliphatic rings. The molecule has 0 saturated carbocycles. The van der Waals surface area contributed by atoms with E-state index in [0.29, 0.717) is 12.5 Å². The van der Waals surface area contributed by atoms with Crippen LogP contribution in [0, 0.1) is 5.92 Å². The highest BCUT2D eigenvalue weighted by atomic mass is 32.2. The van der Waals surface area contributed by atoms with Crippen molar-refractivity contribution in [3.63, 3.8) is 0 Å². The minimum atomic E-state index is 0.257. The minimum absolute atomic E-state index is 0.257. The molecule has 1 aliphatic heterocycles. The Morgan fingerprint density at radius 3 is 2.81 bits per heavy atom. The first-order valence-corrected chi connectivity index (χ1v) is 7.58. The van der Waals surface area contributed by atoms with Crippen molar-refractivity contribution in [2.45, 2.75) is 39.3 Å². The summed E-state index contributed by atoms with van der Waals surface area (Å²) in [6, 6.07) is 0. The molecule has 0 aromatic heterocycles. The summed E-state index contributed by atoms with van der Waals surface area (Å²) in [6.45, 7) is 5.77. The first-order chi connectivity index (χ1) is 7.66. The molecule has 1 amide bonds. The zero-order chi connectivity index (χ0) is 12.0. The second-order valence-corrected chi connectivity index (χ2v) is 5.70. The Morgan fingerprint density at radius 2 is 2.19 bits per heavy atom. The highest BCUT2D eigenvalue weighted by Gasteiger charge is 2.31. The number of thioether (sulfide) groups is 1. The summed E-state index contributed by atoms with van der Waals surface area (Å²) in [7, 11) is 0. The molecule has 1 N–H and O–H groups in total. The average Bonchev–Trinajstić information content (AvgIpc) is 2.60. The van der Waals surface area contributed by atoms with Crippen molar-refractivity contribution in [2.24, 2.45) is 5.92 Å². The van der Waals surface area contributed by atoms with Crippen molar-refractivity contribution >= 4 is 17.7 Å². The third-order valence-electron chi connectivity index (χ3n) is 3.00. The molecule has 1 fully saturated rings. The van der Waals surface area contributed by atoms with Gasteiger partial charge in [-0.15, -0.1) is 0 Å². The lowest BCUT2D eigenvalue weighted by atomic mass is 10.1. The van der Waals surface area contributed by atoms with E-state index in [0.717, 1.165) is 13.0 Å². The summed E-state index contributed by atoms with van der Waals surface area (Å²) < 4.78 is 0. The lowest BCUT2D eigenvalue weighted by molar-refractivity contribution is -0.128. The van der Waals surface area contributed by atoms with Crippen LogP contribution < -0.4 is 5.32 Å². The summed E-state index contributed by atoms with van der Waals surface area (Å²) in [5, 5.41) is 3.28. The van der Waals surface area contributed by atoms with E-state index in [1.165, 1.54) is 18.6 Å². The number of carbonyl (C=O) groups excluding carboxylic acids is 1. The Bertz CT molecular complexity index is 221. The van der Waals surface area contributed by atoms with Crippen LogP contribution in [-0.2, 0) is 4.79 Å². The fraction of sp³-hybridized carbons (Fsp3) is 0.917. The lowest BCUT2D eigenvalue weighted by Crippen LogP contribution is -2.41. The van der Waals surface area contributed by atoms with Crippen molar-refractivity contribution in [1.29, 1.82) is 0 Å². The molecule has 94 valence electrons. The Morgan fingerprint density at radius 1 is 1.44 bits per heavy atom. The lowest BCUT2D eigenvalue weighted by Gasteiger charge is -2.27. The molecule has 1 rings (SSSR count). The van der Waals surface area contributed by atoms with Gasteiger partial charge in [0.25, 0.3) is 0 Å². The van der Waals surface area contributed by atoms with Gasteiger partial charge in [-0.1, -0.05) is 20.3 Å². The summed E-state index contributed by atoms with van der Waals surface area (Å²) in [5.41, 5.74) is 0. The molecular formula is C12H24N2OS. The van der Waals surface area contributed by atoms with Crippen LogP contribution in [0.2, 0.25) is 0 Å². The Labute approximate surface area is 103 Å². The molecule has 1 unspecified atom stereocenters. The SMILES string of the molecule is CSCCCCCN1C(=O)CNC1C(C)C. The van der Waals surface area contributed by atoms with Crippen LogP contribution >= 0.6 is 11.8 Å². The van der Waals surface area contributed by atoms with E-state index >= 15 is 0 Å². The number of carbonyl (C=O) groups is 1. The van der Waals surface area contributed by atoms with Crippen LogP contribution in [0.1, 0.15) is 33.1 Å². The van der Waals surface area contributed by atoms with Crippen LogP contribution in [-0.4, -0.2) is 42.1 Å². The number of rotatable bonds is 7. The van der Waals surface area contributed by atoms with E-state index in [-0.39, 0.29) is 12.1 Å². The van der Waals surface area contributed by atoms with Crippen LogP contribution in [0.4, 0.5) is 0 Å². The summed E-state index contributed by atoms with van der Waals surface area (Å²) >= 11 is 1.90. The highest BCUT2D eigenvalue weighted by molar-refractivity contribution is 7.98. The predicted molar refractivity (Wildman–Crippen MR) is 70.6 cm³/mol. The molecule has 16 heavy (non-hydrogen) atoms. The largest absolute Gasteiger partial charge is 0.326 e. The maximum Gasteiger partial charge on any atom is 0.237 e. The van der Waals surface area contributed by atoms with Gasteiger partial charge in [0.1, 0.15) is 0 Å². The van der Waals surface area contributed by atoms with E-state index in [2.05, 4.69) is 25.4 Å². The van der Waals surface area contributed by atoms with Gasteiger partial charge in [-0.25, -0.2) is 0 Å². The fourth-order valence-corrected chi connectivity index (χ4v) is 2.62. The first kappa shape index (κ1) is 13.8. The van der Waals surface area contributed by atoms with E-state index < -0.39 is 0 Å². The predicted octanol–water partition coefficient (Wildman–Crippen LogP) is 1.93. The van der Waals surface area contributed by atoms with Gasteiger partial charge >= 0.3 is 0 Å². The van der Waals surface area contributed by atoms with Crippen molar-refractivity contribution in [2.75, 3.05) is 25.1 Å². The van der Waals surface area contributed by atoms with Gasteiger partial charge in [0.05, 0.1) is 12.7 Å². The molecule has 0 spiro atoms. The summed E-state index contributed by atoms with van der Waals surface area (Å²) in [5.74, 6) is 2.00. The maximum absolute atomic E-state index is 11.7. The third-order valence-corrected chi connectivity index (χ3v) is 3.69. The van der Waals surface area contributed by atoms with Gasteiger partial charge in [0, 0.05) is 6.54 Å². The van der Waals surface area contributed by atoms with Crippen molar-refractivity contribution in [3.8, 4) is 0 Å². The second-order valence-electron chi connectivity index (χ2n) is 4.71. The van der Waals surface area contributed by atoms with Gasteiger partial charge in [-0.3, -0.25) is 10.1 Å². The van der Waals surface area contributed by atoms with Crippen LogP contribution in [0.5, 0.6) is 0 Å². The van der Waals surface area contributed by atoms with Crippen molar-refractivity contribution in [3.05, 3.63) is 0 Å². The van der Waals surface area contributed by atoms with Gasteiger partial charge < -0.3 is 4.90 Å². The quantitative estimate of drug-likeness (QED) is 0.695. The minimum Gasteiger partial charge on any atom is -0.326 e. The number of nitrogens with zero attached hydrogens (tertiary/aromatic N) is 1. The summed E-state index contributed by atoms with van der Waals surface area (Å²) in [4.78, 5) is 13.7. The monoisotopic (exact) mass is 244 g/mol. The second kappa shape index (κ2) is 7.17. The Hall–Kier alpha value is -0.220. The molecular weight excluding hydrogens is 220 g/mol. The number of hydrogen-bond acceptors (Lipinski definition) is 3. The maximum atomic E-state index is 11.7. The van der Waals surface area contributed by atoms with Crippen LogP contribution in [0.25, 0.3) is 0 Å². The Balaban J connectivity index is 2.25. The molecule has 1 saturated heterocycles. The molecule has 1 atom stereocenters. The zero-order valence-corrected chi connectivity index (χ0v) is 11.5. The molecule has 0 bridgehead atoms. The van der Waals surface area contributed by atoms with E-state index in [1.807, 2.05) is 16.7 Å². The van der Waals surface area contributed by atoms with E-state index in [1.54, 1.807) is 0 Å². The molecule has 0 aliphatic carbocycles. The van der Waals surface area contributed by atoms with Gasteiger partial charge in [0.15, 0.2) is 0 Å². The topological polar surface area (TPSA) is 32.3 Å². The first-order valence-electron chi connectivity index (χ1n) is 6.18. The van der Waals surface area contributed by atoms with Gasteiger partial charge in [0.2, 0.25) is 5.91 Å². The normalized spacial score (nSPS) is 21.1. The van der Waals surface area contributed by atoms with Crippen LogP contribution in [0.3, 0.4) is 0 Å². The third kappa shape index (κ3) is 3.98. The fourth-order valence-electron chi connectivity index (χ4n) is 2.12. The average molecular weight is 244 g/mol. The molecule has 4 heteroatoms. The van der Waals surface area contributed by atoms with E-state index in [4.69, 9.17) is 0 Å². The zero-order valence-electron chi connectivity index (χ0n) is 10.7. The van der Waals surface area contributed by atoms with Gasteiger partial charge in [-0.2, -0.15) is 11.8 Å². The van der Waals surface area contributed by atoms with Crippen molar-refractivity contribution < 1.29 is 4.79 Å². The van der Waals surface area contributed by atoms with E-state index in [9.17, 15) is 4.79 Å². The van der Waals surface area contributed by atoms with Gasteiger partial charge in [-0.05, 0) is 30.8 Å². The number of unbranched alkanes of at least 4 members (excludes halogenated alkanes) is 2. The summed E-state index contributed by atoms with van der Waals surface area (Å²) in [6.07, 6.45) is 6.03. The molecule has 0 aromatic rings. The number of nitrogens with one attached hydrogen (secondary N) is 1. The molecule has 0 radical (unpaired) electrons. The van der Waals surface area contributed by atoms with Crippen LogP contribution in [0.15, 0.2) is 0 Å². The van der Waals surface area contributed by atoms with Crippen molar-refractivity contribution in [1.82, 2.24) is 10.2 Å². The number of hydrogen-bond donors (Lipinski definition) is 1. The standard InChI is InChI=1S/C12H24N2OS/c1-10(2)12-13-9-11(15)14(12)7-5-4-6-8-16-3/h10,12-13H,4-9H2,1-3H3.